The van der Waals surface area contributed by atoms with Crippen LogP contribution in [0.4, 0.5) is 10.5 Å². The first-order chi connectivity index (χ1) is 12.8. The van der Waals surface area contributed by atoms with Crippen LogP contribution < -0.4 is 4.90 Å². The molecule has 0 saturated carbocycles. The molecule has 140 valence electrons. The van der Waals surface area contributed by atoms with Gasteiger partial charge in [0, 0.05) is 18.6 Å². The smallest absolute Gasteiger partial charge is 0.293 e. The molecule has 0 aromatic heterocycles. The Morgan fingerprint density at radius 1 is 1.11 bits per heavy atom. The Hall–Kier alpha value is -1.47. The van der Waals surface area contributed by atoms with Crippen LogP contribution in [0.3, 0.4) is 0 Å². The van der Waals surface area contributed by atoms with Crippen LogP contribution in [-0.2, 0) is 11.3 Å². The second-order valence-electron chi connectivity index (χ2n) is 6.12. The van der Waals surface area contributed by atoms with E-state index >= 15 is 0 Å². The van der Waals surface area contributed by atoms with Crippen LogP contribution in [0.1, 0.15) is 11.1 Å². The zero-order valence-electron chi connectivity index (χ0n) is 14.5. The van der Waals surface area contributed by atoms with Crippen LogP contribution in [0.15, 0.2) is 45.8 Å². The van der Waals surface area contributed by atoms with Crippen LogP contribution >= 0.6 is 50.9 Å². The van der Waals surface area contributed by atoms with E-state index in [0.717, 1.165) is 33.0 Å². The van der Waals surface area contributed by atoms with E-state index < -0.39 is 0 Å². The number of nitrogens with zero attached hydrogens (tertiary/aromatic N) is 2. The highest BCUT2D eigenvalue weighted by Crippen LogP contribution is 2.35. The van der Waals surface area contributed by atoms with Crippen molar-refractivity contribution in [2.75, 3.05) is 19.0 Å². The molecule has 4 nitrogen and oxygen atoms in total. The number of carbonyl (C=O) groups excluding carboxylic acids is 2. The number of hydrogen-bond acceptors (Lipinski definition) is 4. The van der Waals surface area contributed by atoms with Gasteiger partial charge >= 0.3 is 0 Å². The molecule has 0 unspecified atom stereocenters. The maximum absolute atomic E-state index is 12.7. The third-order valence-corrected chi connectivity index (χ3v) is 6.23. The number of carbonyl (C=O) groups is 2. The minimum absolute atomic E-state index is 0.155. The molecule has 0 radical (unpaired) electrons. The molecule has 3 rings (SSSR count). The van der Waals surface area contributed by atoms with Gasteiger partial charge in [-0.3, -0.25) is 14.5 Å². The molecule has 1 heterocycles. The molecule has 0 aliphatic carbocycles. The quantitative estimate of drug-likeness (QED) is 0.493. The molecule has 0 spiro atoms. The van der Waals surface area contributed by atoms with Crippen LogP contribution in [0, 0.1) is 0 Å². The van der Waals surface area contributed by atoms with E-state index in [1.807, 2.05) is 37.2 Å². The number of anilines is 1. The predicted octanol–water partition coefficient (Wildman–Crippen LogP) is 6.06. The van der Waals surface area contributed by atoms with Crippen molar-refractivity contribution in [1.82, 2.24) is 4.90 Å². The number of benzene rings is 2. The fraction of sp³-hybridized carbons (Fsp3) is 0.158. The molecule has 2 amide bonds. The number of hydrogen-bond donors (Lipinski definition) is 0. The molecule has 1 aliphatic rings. The zero-order valence-corrected chi connectivity index (χ0v) is 18.4. The van der Waals surface area contributed by atoms with Crippen molar-refractivity contribution in [3.8, 4) is 0 Å². The Kier molecular flexibility index (Phi) is 6.21. The number of halogens is 3. The molecule has 1 saturated heterocycles. The molecule has 1 aliphatic heterocycles. The Morgan fingerprint density at radius 2 is 1.85 bits per heavy atom. The van der Waals surface area contributed by atoms with E-state index in [1.54, 1.807) is 24.3 Å². The molecule has 0 N–H and O–H groups in total. The lowest BCUT2D eigenvalue weighted by Gasteiger charge is -2.14. The van der Waals surface area contributed by atoms with Crippen molar-refractivity contribution < 1.29 is 9.59 Å². The predicted molar refractivity (Wildman–Crippen MR) is 116 cm³/mol. The molecule has 8 heteroatoms. The molecule has 27 heavy (non-hydrogen) atoms. The van der Waals surface area contributed by atoms with E-state index in [-0.39, 0.29) is 17.7 Å². The van der Waals surface area contributed by atoms with E-state index in [0.29, 0.717) is 15.0 Å². The Labute approximate surface area is 180 Å². The SMILES string of the molecule is CN(C)c1ccc(/C=C2\SC(=O)N(Cc3ccc(Cl)c(Cl)c3)C2=O)cc1Br. The second kappa shape index (κ2) is 8.27. The summed E-state index contributed by atoms with van der Waals surface area (Å²) in [6, 6.07) is 10.8. The highest BCUT2D eigenvalue weighted by Gasteiger charge is 2.35. The molecule has 2 aromatic rings. The van der Waals surface area contributed by atoms with Crippen LogP contribution in [-0.4, -0.2) is 30.1 Å². The number of rotatable bonds is 4. The van der Waals surface area contributed by atoms with Crippen LogP contribution in [0.5, 0.6) is 0 Å². The van der Waals surface area contributed by atoms with Gasteiger partial charge in [0.1, 0.15) is 0 Å². The van der Waals surface area contributed by atoms with Gasteiger partial charge in [0.25, 0.3) is 11.1 Å². The lowest BCUT2D eigenvalue weighted by Crippen LogP contribution is -2.27. The summed E-state index contributed by atoms with van der Waals surface area (Å²) in [6.45, 7) is 0.155. The largest absolute Gasteiger partial charge is 0.377 e. The van der Waals surface area contributed by atoms with Gasteiger partial charge in [0.2, 0.25) is 0 Å². The minimum atomic E-state index is -0.316. The van der Waals surface area contributed by atoms with Gasteiger partial charge in [-0.25, -0.2) is 0 Å². The fourth-order valence-electron chi connectivity index (χ4n) is 2.58. The molecular weight excluding hydrogens is 471 g/mol. The molecular formula is C19H15BrCl2N2O2S. The monoisotopic (exact) mass is 484 g/mol. The van der Waals surface area contributed by atoms with E-state index in [4.69, 9.17) is 23.2 Å². The standard InChI is InChI=1S/C19H15BrCl2N2O2S/c1-23(2)16-6-4-11(7-13(16)20)9-17-18(25)24(19(26)27-17)10-12-3-5-14(21)15(22)8-12/h3-9H,10H2,1-2H3/b17-9-. The Balaban J connectivity index is 1.82. The minimum Gasteiger partial charge on any atom is -0.377 e. The van der Waals surface area contributed by atoms with Crippen molar-refractivity contribution >= 4 is 73.8 Å². The van der Waals surface area contributed by atoms with Gasteiger partial charge in [-0.15, -0.1) is 0 Å². The van der Waals surface area contributed by atoms with E-state index in [2.05, 4.69) is 15.9 Å². The molecule has 0 atom stereocenters. The average molecular weight is 486 g/mol. The van der Waals surface area contributed by atoms with Gasteiger partial charge in [-0.1, -0.05) is 35.3 Å². The summed E-state index contributed by atoms with van der Waals surface area (Å²) in [4.78, 5) is 28.6. The topological polar surface area (TPSA) is 40.6 Å². The van der Waals surface area contributed by atoms with Gasteiger partial charge < -0.3 is 4.90 Å². The summed E-state index contributed by atoms with van der Waals surface area (Å²) in [5, 5.41) is 0.519. The Bertz CT molecular complexity index is 963. The second-order valence-corrected chi connectivity index (χ2v) is 8.78. The van der Waals surface area contributed by atoms with E-state index in [1.165, 1.54) is 4.90 Å². The normalized spacial score (nSPS) is 15.7. The zero-order chi connectivity index (χ0) is 19.7. The number of thioether (sulfide) groups is 1. The van der Waals surface area contributed by atoms with Gasteiger partial charge in [0.15, 0.2) is 0 Å². The average Bonchev–Trinajstić information content (AvgIpc) is 2.85. The summed E-state index contributed by atoms with van der Waals surface area (Å²) >= 11 is 16.4. The third-order valence-electron chi connectivity index (χ3n) is 3.95. The summed E-state index contributed by atoms with van der Waals surface area (Å²) in [7, 11) is 3.91. The fourth-order valence-corrected chi connectivity index (χ4v) is 4.49. The van der Waals surface area contributed by atoms with Gasteiger partial charge in [-0.2, -0.15) is 0 Å². The summed E-state index contributed by atoms with van der Waals surface area (Å²) in [5.41, 5.74) is 2.61. The first-order valence-electron chi connectivity index (χ1n) is 7.92. The highest BCUT2D eigenvalue weighted by atomic mass is 79.9. The van der Waals surface area contributed by atoms with Crippen molar-refractivity contribution in [2.24, 2.45) is 0 Å². The van der Waals surface area contributed by atoms with Gasteiger partial charge in [-0.05, 0) is 69.2 Å². The summed E-state index contributed by atoms with van der Waals surface area (Å²) < 4.78 is 0.913. The van der Waals surface area contributed by atoms with Gasteiger partial charge in [0.05, 0.1) is 27.2 Å². The lowest BCUT2D eigenvalue weighted by atomic mass is 10.1. The maximum atomic E-state index is 12.7. The maximum Gasteiger partial charge on any atom is 0.293 e. The Morgan fingerprint density at radius 3 is 2.48 bits per heavy atom. The van der Waals surface area contributed by atoms with Crippen molar-refractivity contribution in [3.63, 3.8) is 0 Å². The van der Waals surface area contributed by atoms with Crippen LogP contribution in [0.2, 0.25) is 10.0 Å². The first kappa shape index (κ1) is 20.3. The van der Waals surface area contributed by atoms with Crippen LogP contribution in [0.25, 0.3) is 6.08 Å². The highest BCUT2D eigenvalue weighted by molar-refractivity contribution is 9.10. The summed E-state index contributed by atoms with van der Waals surface area (Å²) in [5.74, 6) is -0.316. The van der Waals surface area contributed by atoms with Crippen molar-refractivity contribution in [3.05, 3.63) is 66.9 Å². The molecule has 1 fully saturated rings. The number of amides is 2. The van der Waals surface area contributed by atoms with E-state index in [9.17, 15) is 9.59 Å². The third kappa shape index (κ3) is 4.51. The number of imide groups is 1. The molecule has 2 aromatic carbocycles. The van der Waals surface area contributed by atoms with Crippen molar-refractivity contribution in [1.29, 1.82) is 0 Å². The molecule has 0 bridgehead atoms. The first-order valence-corrected chi connectivity index (χ1v) is 10.3. The van der Waals surface area contributed by atoms with Crippen molar-refractivity contribution in [2.45, 2.75) is 6.54 Å². The lowest BCUT2D eigenvalue weighted by molar-refractivity contribution is -0.123. The summed E-state index contributed by atoms with van der Waals surface area (Å²) in [6.07, 6.45) is 1.73.